The van der Waals surface area contributed by atoms with Crippen molar-refractivity contribution >= 4 is 5.82 Å². The molecule has 0 spiro atoms. The number of anilines is 1. The maximum Gasteiger partial charge on any atom is 0.144 e. The van der Waals surface area contributed by atoms with E-state index in [2.05, 4.69) is 16.4 Å². The number of nitriles is 1. The third-order valence-electron chi connectivity index (χ3n) is 4.25. The summed E-state index contributed by atoms with van der Waals surface area (Å²) in [5.74, 6) is 1.30. The van der Waals surface area contributed by atoms with E-state index in [1.807, 2.05) is 19.9 Å². The van der Waals surface area contributed by atoms with E-state index in [-0.39, 0.29) is 6.04 Å². The van der Waals surface area contributed by atoms with Crippen molar-refractivity contribution < 1.29 is 0 Å². The Morgan fingerprint density at radius 1 is 1.40 bits per heavy atom. The molecule has 1 atom stereocenters. The number of nitrogens with two attached hydrogens (primary N) is 1. The van der Waals surface area contributed by atoms with Crippen LogP contribution in [0.15, 0.2) is 6.07 Å². The summed E-state index contributed by atoms with van der Waals surface area (Å²) >= 11 is 0. The van der Waals surface area contributed by atoms with Crippen molar-refractivity contribution in [1.29, 1.82) is 5.26 Å². The normalized spacial score (nSPS) is 17.5. The summed E-state index contributed by atoms with van der Waals surface area (Å²) < 4.78 is 0. The lowest BCUT2D eigenvalue weighted by molar-refractivity contribution is 0.320. The van der Waals surface area contributed by atoms with Crippen molar-refractivity contribution in [2.75, 3.05) is 11.9 Å². The van der Waals surface area contributed by atoms with Gasteiger partial charge in [0.05, 0.1) is 5.56 Å². The summed E-state index contributed by atoms with van der Waals surface area (Å²) in [6.45, 7) is 4.50. The molecular formula is C16H24N4. The second-order valence-electron chi connectivity index (χ2n) is 5.80. The molecule has 1 fully saturated rings. The quantitative estimate of drug-likeness (QED) is 0.883. The smallest absolute Gasteiger partial charge is 0.144 e. The Hall–Kier alpha value is -1.60. The molecule has 20 heavy (non-hydrogen) atoms. The van der Waals surface area contributed by atoms with Crippen LogP contribution < -0.4 is 11.1 Å². The van der Waals surface area contributed by atoms with Gasteiger partial charge in [-0.1, -0.05) is 19.3 Å². The molecule has 108 valence electrons. The second-order valence-corrected chi connectivity index (χ2v) is 5.80. The first-order chi connectivity index (χ1) is 9.65. The van der Waals surface area contributed by atoms with E-state index in [4.69, 9.17) is 5.73 Å². The topological polar surface area (TPSA) is 74.7 Å². The van der Waals surface area contributed by atoms with Gasteiger partial charge in [0.15, 0.2) is 0 Å². The molecule has 0 saturated heterocycles. The Morgan fingerprint density at radius 2 is 2.10 bits per heavy atom. The molecule has 0 bridgehead atoms. The number of aromatic nitrogens is 1. The Kier molecular flexibility index (Phi) is 4.97. The van der Waals surface area contributed by atoms with Crippen molar-refractivity contribution in [3.63, 3.8) is 0 Å². The predicted molar refractivity (Wildman–Crippen MR) is 81.5 cm³/mol. The summed E-state index contributed by atoms with van der Waals surface area (Å²) in [7, 11) is 0. The van der Waals surface area contributed by atoms with Crippen LogP contribution in [-0.4, -0.2) is 17.6 Å². The average molecular weight is 272 g/mol. The molecule has 0 aromatic carbocycles. The van der Waals surface area contributed by atoms with Gasteiger partial charge in [-0.25, -0.2) is 4.98 Å². The van der Waals surface area contributed by atoms with E-state index in [9.17, 15) is 5.26 Å². The van der Waals surface area contributed by atoms with E-state index < -0.39 is 0 Å². The predicted octanol–water partition coefficient (Wildman–Crippen LogP) is 2.89. The number of nitrogens with one attached hydrogen (secondary N) is 1. The lowest BCUT2D eigenvalue weighted by atomic mass is 9.84. The second kappa shape index (κ2) is 6.71. The van der Waals surface area contributed by atoms with Crippen LogP contribution >= 0.6 is 0 Å². The highest BCUT2D eigenvalue weighted by Crippen LogP contribution is 2.28. The van der Waals surface area contributed by atoms with E-state index in [0.29, 0.717) is 23.8 Å². The van der Waals surface area contributed by atoms with Crippen LogP contribution in [0.1, 0.15) is 48.9 Å². The molecular weight excluding hydrogens is 248 g/mol. The first kappa shape index (κ1) is 14.8. The monoisotopic (exact) mass is 272 g/mol. The number of hydrogen-bond acceptors (Lipinski definition) is 4. The van der Waals surface area contributed by atoms with Crippen LogP contribution in [0.4, 0.5) is 5.82 Å². The molecule has 0 amide bonds. The third-order valence-corrected chi connectivity index (χ3v) is 4.25. The maximum absolute atomic E-state index is 9.32. The van der Waals surface area contributed by atoms with Gasteiger partial charge >= 0.3 is 0 Å². The van der Waals surface area contributed by atoms with Crippen molar-refractivity contribution in [1.82, 2.24) is 4.98 Å². The Balaban J connectivity index is 2.20. The molecule has 0 radical (unpaired) electrons. The van der Waals surface area contributed by atoms with Gasteiger partial charge in [-0.2, -0.15) is 5.26 Å². The van der Waals surface area contributed by atoms with Gasteiger partial charge in [0.1, 0.15) is 11.9 Å². The van der Waals surface area contributed by atoms with Crippen molar-refractivity contribution in [2.24, 2.45) is 11.7 Å². The minimum absolute atomic E-state index is 0.219. The highest BCUT2D eigenvalue weighted by molar-refractivity contribution is 5.57. The van der Waals surface area contributed by atoms with E-state index in [1.54, 1.807) is 0 Å². The average Bonchev–Trinajstić information content (AvgIpc) is 2.45. The maximum atomic E-state index is 9.32. The molecule has 3 N–H and O–H groups in total. The zero-order chi connectivity index (χ0) is 14.5. The standard InChI is InChI=1S/C16H24N4/c1-11-8-12(2)19-16(14(11)9-17)20-15(10-18)13-6-4-3-5-7-13/h8,13,15H,3-7,10,18H2,1-2H3,(H,19,20). The molecule has 1 heterocycles. The number of rotatable bonds is 4. The van der Waals surface area contributed by atoms with Crippen molar-refractivity contribution in [3.05, 3.63) is 22.9 Å². The molecule has 2 rings (SSSR count). The Labute approximate surface area is 121 Å². The fraction of sp³-hybridized carbons (Fsp3) is 0.625. The molecule has 0 aliphatic heterocycles. The van der Waals surface area contributed by atoms with Crippen molar-refractivity contribution in [2.45, 2.75) is 52.0 Å². The van der Waals surface area contributed by atoms with Gasteiger partial charge < -0.3 is 11.1 Å². The first-order valence-corrected chi connectivity index (χ1v) is 7.50. The number of pyridine rings is 1. The van der Waals surface area contributed by atoms with E-state index in [1.165, 1.54) is 32.1 Å². The summed E-state index contributed by atoms with van der Waals surface area (Å²) in [4.78, 5) is 4.50. The zero-order valence-electron chi connectivity index (χ0n) is 12.4. The summed E-state index contributed by atoms with van der Waals surface area (Å²) in [5, 5.41) is 12.8. The van der Waals surface area contributed by atoms with Crippen molar-refractivity contribution in [3.8, 4) is 6.07 Å². The number of nitrogens with zero attached hydrogens (tertiary/aromatic N) is 2. The first-order valence-electron chi connectivity index (χ1n) is 7.50. The van der Waals surface area contributed by atoms with Crippen LogP contribution in [0.3, 0.4) is 0 Å². The Bertz CT molecular complexity index is 498. The van der Waals surface area contributed by atoms with Crippen LogP contribution in [0.2, 0.25) is 0 Å². The minimum Gasteiger partial charge on any atom is -0.365 e. The van der Waals surface area contributed by atoms with Crippen LogP contribution in [0.5, 0.6) is 0 Å². The lowest BCUT2D eigenvalue weighted by Gasteiger charge is -2.30. The largest absolute Gasteiger partial charge is 0.365 e. The van der Waals surface area contributed by atoms with Crippen LogP contribution in [0.25, 0.3) is 0 Å². The summed E-state index contributed by atoms with van der Waals surface area (Å²) in [5.41, 5.74) is 8.50. The molecule has 1 aromatic rings. The van der Waals surface area contributed by atoms with Crippen LogP contribution in [0, 0.1) is 31.1 Å². The van der Waals surface area contributed by atoms with Gasteiger partial charge in [0.25, 0.3) is 0 Å². The fourth-order valence-corrected chi connectivity index (χ4v) is 3.16. The Morgan fingerprint density at radius 3 is 2.70 bits per heavy atom. The van der Waals surface area contributed by atoms with Gasteiger partial charge in [-0.05, 0) is 44.2 Å². The van der Waals surface area contributed by atoms with Crippen LogP contribution in [-0.2, 0) is 0 Å². The van der Waals surface area contributed by atoms with E-state index >= 15 is 0 Å². The van der Waals surface area contributed by atoms with Gasteiger partial charge in [-0.3, -0.25) is 0 Å². The fourth-order valence-electron chi connectivity index (χ4n) is 3.16. The molecule has 1 aliphatic carbocycles. The summed E-state index contributed by atoms with van der Waals surface area (Å²) in [6, 6.07) is 4.42. The molecule has 4 nitrogen and oxygen atoms in total. The SMILES string of the molecule is Cc1cc(C)c(C#N)c(NC(CN)C2CCCCC2)n1. The van der Waals surface area contributed by atoms with Gasteiger partial charge in [0.2, 0.25) is 0 Å². The molecule has 1 aliphatic rings. The zero-order valence-corrected chi connectivity index (χ0v) is 12.4. The molecule has 4 heteroatoms. The molecule has 1 unspecified atom stereocenters. The molecule has 1 aromatic heterocycles. The number of hydrogen-bond donors (Lipinski definition) is 2. The highest BCUT2D eigenvalue weighted by Gasteiger charge is 2.24. The minimum atomic E-state index is 0.219. The summed E-state index contributed by atoms with van der Waals surface area (Å²) in [6.07, 6.45) is 6.35. The van der Waals surface area contributed by atoms with Gasteiger partial charge in [-0.15, -0.1) is 0 Å². The molecule has 1 saturated carbocycles. The highest BCUT2D eigenvalue weighted by atomic mass is 15.0. The van der Waals surface area contributed by atoms with E-state index in [0.717, 1.165) is 11.3 Å². The lowest BCUT2D eigenvalue weighted by Crippen LogP contribution is -2.38. The third kappa shape index (κ3) is 3.29. The van der Waals surface area contributed by atoms with Gasteiger partial charge in [0, 0.05) is 18.3 Å². The number of aryl methyl sites for hydroxylation is 2.